The van der Waals surface area contributed by atoms with Crippen molar-refractivity contribution in [3.63, 3.8) is 0 Å². The molecule has 1 aliphatic heterocycles. The number of nitrogens with zero attached hydrogens (tertiary/aromatic N) is 6. The zero-order valence-electron chi connectivity index (χ0n) is 19.9. The predicted molar refractivity (Wildman–Crippen MR) is 128 cm³/mol. The molecule has 4 aromatic rings. The summed E-state index contributed by atoms with van der Waals surface area (Å²) in [5, 5.41) is 17.2. The number of hydrogen-bond acceptors (Lipinski definition) is 8. The molecule has 36 heavy (non-hydrogen) atoms. The summed E-state index contributed by atoms with van der Waals surface area (Å²) in [6.45, 7) is 6.29. The molecular weight excluding hydrogens is 471 g/mol. The third kappa shape index (κ3) is 3.95. The SMILES string of the molecule is CC(C)(C)[C@@H]1C(n2nc(C(=O)Nc3nc4cc(F)ccc4o3)c3c(N)ncnc32)CCCN1C(=O)O. The first-order chi connectivity index (χ1) is 17.0. The molecule has 1 fully saturated rings. The van der Waals surface area contributed by atoms with Crippen molar-refractivity contribution in [3.8, 4) is 0 Å². The van der Waals surface area contributed by atoms with Gasteiger partial charge in [-0.05, 0) is 30.4 Å². The number of anilines is 2. The van der Waals surface area contributed by atoms with Crippen LogP contribution in [0.5, 0.6) is 0 Å². The van der Waals surface area contributed by atoms with Gasteiger partial charge in [0.25, 0.3) is 5.91 Å². The third-order valence-electron chi connectivity index (χ3n) is 6.35. The van der Waals surface area contributed by atoms with Crippen molar-refractivity contribution in [1.82, 2.24) is 29.6 Å². The van der Waals surface area contributed by atoms with Crippen LogP contribution in [-0.4, -0.2) is 59.3 Å². The highest BCUT2D eigenvalue weighted by Gasteiger charge is 2.44. The van der Waals surface area contributed by atoms with Crippen LogP contribution in [0.3, 0.4) is 0 Å². The lowest BCUT2D eigenvalue weighted by Crippen LogP contribution is -2.54. The normalized spacial score (nSPS) is 18.6. The summed E-state index contributed by atoms with van der Waals surface area (Å²) < 4.78 is 20.6. The number of amides is 2. The molecule has 0 bridgehead atoms. The zero-order chi connectivity index (χ0) is 25.8. The van der Waals surface area contributed by atoms with Gasteiger partial charge >= 0.3 is 12.1 Å². The minimum absolute atomic E-state index is 0.0502. The summed E-state index contributed by atoms with van der Waals surface area (Å²) in [5.74, 6) is -1.11. The number of oxazole rings is 1. The Labute approximate surface area is 204 Å². The molecule has 1 saturated heterocycles. The summed E-state index contributed by atoms with van der Waals surface area (Å²) in [6.07, 6.45) is 1.50. The molecule has 3 aromatic heterocycles. The van der Waals surface area contributed by atoms with Gasteiger partial charge in [0.2, 0.25) is 0 Å². The molecule has 2 atom stereocenters. The third-order valence-corrected chi connectivity index (χ3v) is 6.35. The number of piperidine rings is 1. The number of nitrogens with two attached hydrogens (primary N) is 1. The highest BCUT2D eigenvalue weighted by atomic mass is 19.1. The van der Waals surface area contributed by atoms with Gasteiger partial charge in [0, 0.05) is 12.6 Å². The maximum absolute atomic E-state index is 13.5. The van der Waals surface area contributed by atoms with E-state index in [1.807, 2.05) is 20.8 Å². The van der Waals surface area contributed by atoms with E-state index in [0.29, 0.717) is 30.6 Å². The van der Waals surface area contributed by atoms with Crippen LogP contribution in [0, 0.1) is 11.2 Å². The van der Waals surface area contributed by atoms with Crippen LogP contribution in [0.25, 0.3) is 22.1 Å². The molecule has 0 saturated carbocycles. The Kier molecular flexibility index (Phi) is 5.49. The lowest BCUT2D eigenvalue weighted by atomic mass is 9.77. The van der Waals surface area contributed by atoms with Gasteiger partial charge in [0.1, 0.15) is 23.5 Å². The quantitative estimate of drug-likeness (QED) is 0.383. The first kappa shape index (κ1) is 23.5. The predicted octanol–water partition coefficient (Wildman–Crippen LogP) is 3.67. The van der Waals surface area contributed by atoms with Crippen LogP contribution in [0.1, 0.15) is 50.1 Å². The largest absolute Gasteiger partial charge is 0.465 e. The van der Waals surface area contributed by atoms with E-state index >= 15 is 0 Å². The molecule has 2 amide bonds. The van der Waals surface area contributed by atoms with E-state index in [9.17, 15) is 19.1 Å². The van der Waals surface area contributed by atoms with Crippen molar-refractivity contribution in [2.45, 2.75) is 45.7 Å². The van der Waals surface area contributed by atoms with Crippen molar-refractivity contribution in [2.75, 3.05) is 17.6 Å². The Morgan fingerprint density at radius 1 is 1.28 bits per heavy atom. The summed E-state index contributed by atoms with van der Waals surface area (Å²) >= 11 is 0. The van der Waals surface area contributed by atoms with Gasteiger partial charge in [0.05, 0.1) is 17.5 Å². The molecule has 0 spiro atoms. The number of nitrogens with one attached hydrogen (secondary N) is 1. The number of carbonyl (C=O) groups is 2. The number of carbonyl (C=O) groups excluding carboxylic acids is 1. The van der Waals surface area contributed by atoms with Crippen LogP contribution in [0.2, 0.25) is 0 Å². The number of nitrogen functional groups attached to an aromatic ring is 1. The minimum Gasteiger partial charge on any atom is -0.465 e. The Hall–Kier alpha value is -4.29. The molecule has 13 heteroatoms. The lowest BCUT2D eigenvalue weighted by molar-refractivity contribution is 0.0247. The van der Waals surface area contributed by atoms with Crippen LogP contribution in [0.4, 0.5) is 21.0 Å². The van der Waals surface area contributed by atoms with E-state index in [1.54, 1.807) is 4.68 Å². The van der Waals surface area contributed by atoms with Crippen molar-refractivity contribution in [2.24, 2.45) is 5.41 Å². The average Bonchev–Trinajstić information content (AvgIpc) is 3.39. The Morgan fingerprint density at radius 2 is 2.06 bits per heavy atom. The second-order valence-electron chi connectivity index (χ2n) is 9.83. The van der Waals surface area contributed by atoms with Crippen molar-refractivity contribution >= 4 is 46.0 Å². The summed E-state index contributed by atoms with van der Waals surface area (Å²) in [6, 6.07) is 2.84. The molecule has 188 valence electrons. The maximum Gasteiger partial charge on any atom is 0.407 e. The molecule has 4 N–H and O–H groups in total. The molecule has 5 rings (SSSR count). The summed E-state index contributed by atoms with van der Waals surface area (Å²) in [5.41, 5.74) is 6.50. The molecule has 12 nitrogen and oxygen atoms in total. The van der Waals surface area contributed by atoms with Crippen molar-refractivity contribution in [3.05, 3.63) is 36.0 Å². The van der Waals surface area contributed by atoms with Crippen molar-refractivity contribution < 1.29 is 23.5 Å². The maximum atomic E-state index is 13.5. The van der Waals surface area contributed by atoms with E-state index in [0.717, 1.165) is 0 Å². The van der Waals surface area contributed by atoms with Gasteiger partial charge < -0.3 is 20.2 Å². The number of aromatic nitrogens is 5. The molecule has 0 radical (unpaired) electrons. The average molecular weight is 497 g/mol. The smallest absolute Gasteiger partial charge is 0.407 e. The fourth-order valence-corrected chi connectivity index (χ4v) is 4.99. The molecular formula is C23H25FN8O4. The number of rotatable bonds is 3. The highest BCUT2D eigenvalue weighted by molar-refractivity contribution is 6.12. The van der Waals surface area contributed by atoms with Gasteiger partial charge in [0.15, 0.2) is 16.9 Å². The lowest BCUT2D eigenvalue weighted by Gasteiger charge is -2.46. The standard InChI is InChI=1S/C23H25FN8O4/c1-23(2,3)17-13(5-4-8-31(17)22(34)35)32-19-15(18(25)26-10-27-19)16(30-32)20(33)29-21-28-12-9-11(24)6-7-14(12)36-21/h6-7,9-10,13,17H,4-5,8H2,1-3H3,(H,34,35)(H2,25,26,27)(H,28,29,33)/t13?,17-/m0/s1. The second-order valence-corrected chi connectivity index (χ2v) is 9.83. The Morgan fingerprint density at radius 3 is 2.78 bits per heavy atom. The Bertz CT molecular complexity index is 1490. The van der Waals surface area contributed by atoms with E-state index in [-0.39, 0.29) is 28.4 Å². The summed E-state index contributed by atoms with van der Waals surface area (Å²) in [7, 11) is 0. The monoisotopic (exact) mass is 496 g/mol. The molecule has 0 aliphatic carbocycles. The number of hydrogen-bond donors (Lipinski definition) is 3. The molecule has 1 aromatic carbocycles. The van der Waals surface area contributed by atoms with E-state index in [1.165, 1.54) is 29.4 Å². The molecule has 1 unspecified atom stereocenters. The van der Waals surface area contributed by atoms with Crippen LogP contribution in [-0.2, 0) is 0 Å². The van der Waals surface area contributed by atoms with Crippen molar-refractivity contribution in [1.29, 1.82) is 0 Å². The number of carboxylic acid groups (broad SMARTS) is 1. The van der Waals surface area contributed by atoms with E-state index in [4.69, 9.17) is 10.2 Å². The summed E-state index contributed by atoms with van der Waals surface area (Å²) in [4.78, 5) is 39.2. The zero-order valence-corrected chi connectivity index (χ0v) is 19.9. The van der Waals surface area contributed by atoms with E-state index < -0.39 is 35.3 Å². The van der Waals surface area contributed by atoms with Crippen LogP contribution in [0.15, 0.2) is 28.9 Å². The van der Waals surface area contributed by atoms with Crippen LogP contribution >= 0.6 is 0 Å². The first-order valence-electron chi connectivity index (χ1n) is 11.4. The fraction of sp³-hybridized carbons (Fsp3) is 0.391. The number of fused-ring (bicyclic) bond motifs is 2. The second kappa shape index (κ2) is 8.43. The topological polar surface area (TPSA) is 165 Å². The number of benzene rings is 1. The number of halogens is 1. The van der Waals surface area contributed by atoms with Crippen LogP contribution < -0.4 is 11.1 Å². The molecule has 1 aliphatic rings. The fourth-order valence-electron chi connectivity index (χ4n) is 4.99. The van der Waals surface area contributed by atoms with Gasteiger partial charge in [-0.25, -0.2) is 23.8 Å². The Balaban J connectivity index is 1.58. The molecule has 4 heterocycles. The number of likely N-dealkylation sites (tertiary alicyclic amines) is 1. The van der Waals surface area contributed by atoms with E-state index in [2.05, 4.69) is 25.4 Å². The van der Waals surface area contributed by atoms with Gasteiger partial charge in [-0.2, -0.15) is 10.1 Å². The highest BCUT2D eigenvalue weighted by Crippen LogP contribution is 2.40. The first-order valence-corrected chi connectivity index (χ1v) is 11.4. The van der Waals surface area contributed by atoms with Gasteiger partial charge in [-0.15, -0.1) is 0 Å². The van der Waals surface area contributed by atoms with Gasteiger partial charge in [-0.1, -0.05) is 20.8 Å². The minimum atomic E-state index is -1.02. The van der Waals surface area contributed by atoms with Gasteiger partial charge in [-0.3, -0.25) is 10.1 Å².